The molecule has 18 heavy (non-hydrogen) atoms. The van der Waals surface area contributed by atoms with E-state index in [-0.39, 0.29) is 25.6 Å². The molecule has 2 unspecified atom stereocenters. The number of alkyl carbamates (subject to hydrolysis) is 1. The summed E-state index contributed by atoms with van der Waals surface area (Å²) >= 11 is 0. The van der Waals surface area contributed by atoms with Crippen LogP contribution in [-0.4, -0.2) is 74.8 Å². The molecule has 0 aliphatic carbocycles. The number of carbonyl (C=O) groups is 1. The molecule has 0 aromatic rings. The highest BCUT2D eigenvalue weighted by Gasteiger charge is 2.36. The summed E-state index contributed by atoms with van der Waals surface area (Å²) in [5, 5.41) is 20.8. The lowest BCUT2D eigenvalue weighted by Gasteiger charge is -2.16. The molecule has 0 aromatic carbocycles. The van der Waals surface area contributed by atoms with Crippen LogP contribution in [0.15, 0.2) is 0 Å². The van der Waals surface area contributed by atoms with Gasteiger partial charge in [0.15, 0.2) is 9.84 Å². The van der Waals surface area contributed by atoms with Crippen molar-refractivity contribution in [2.75, 3.05) is 31.8 Å². The summed E-state index contributed by atoms with van der Waals surface area (Å²) in [6, 6.07) is -0.673. The molecular formula is C9H17NO7S. The number of amides is 1. The summed E-state index contributed by atoms with van der Waals surface area (Å²) in [4.78, 5) is 11.3. The Kier molecular flexibility index (Phi) is 5.32. The Hall–Kier alpha value is -0.900. The van der Waals surface area contributed by atoms with Crippen LogP contribution in [0.1, 0.15) is 0 Å². The number of ether oxygens (including phenoxy) is 2. The molecule has 1 aliphatic heterocycles. The lowest BCUT2D eigenvalue weighted by Crippen LogP contribution is -2.45. The van der Waals surface area contributed by atoms with Crippen molar-refractivity contribution in [2.45, 2.75) is 18.2 Å². The number of sulfone groups is 1. The van der Waals surface area contributed by atoms with E-state index in [0.717, 1.165) is 6.26 Å². The van der Waals surface area contributed by atoms with Gasteiger partial charge in [0.2, 0.25) is 0 Å². The Morgan fingerprint density at radius 3 is 2.72 bits per heavy atom. The van der Waals surface area contributed by atoms with Crippen molar-refractivity contribution >= 4 is 15.9 Å². The first-order chi connectivity index (χ1) is 8.33. The fourth-order valence-electron chi connectivity index (χ4n) is 1.45. The van der Waals surface area contributed by atoms with Crippen LogP contribution >= 0.6 is 0 Å². The van der Waals surface area contributed by atoms with Crippen molar-refractivity contribution in [3.8, 4) is 0 Å². The summed E-state index contributed by atoms with van der Waals surface area (Å²) in [5.41, 5.74) is 0. The zero-order valence-electron chi connectivity index (χ0n) is 9.90. The number of rotatable bonds is 5. The van der Waals surface area contributed by atoms with Crippen LogP contribution in [0, 0.1) is 0 Å². The fraction of sp³-hybridized carbons (Fsp3) is 0.889. The molecule has 9 heteroatoms. The van der Waals surface area contributed by atoms with E-state index in [2.05, 4.69) is 10.1 Å². The largest absolute Gasteiger partial charge is 0.448 e. The first-order valence-corrected chi connectivity index (χ1v) is 7.41. The first-order valence-electron chi connectivity index (χ1n) is 5.35. The van der Waals surface area contributed by atoms with Gasteiger partial charge < -0.3 is 25.0 Å². The number of hydrogen-bond acceptors (Lipinski definition) is 7. The van der Waals surface area contributed by atoms with E-state index < -0.39 is 34.2 Å². The van der Waals surface area contributed by atoms with Gasteiger partial charge in [0.1, 0.15) is 18.8 Å². The Balaban J connectivity index is 2.29. The normalized spacial score (nSPS) is 28.1. The van der Waals surface area contributed by atoms with Gasteiger partial charge in [0, 0.05) is 6.26 Å². The van der Waals surface area contributed by atoms with Crippen LogP contribution in [0.2, 0.25) is 0 Å². The third-order valence-corrected chi connectivity index (χ3v) is 3.36. The Labute approximate surface area is 105 Å². The van der Waals surface area contributed by atoms with Gasteiger partial charge >= 0.3 is 6.09 Å². The van der Waals surface area contributed by atoms with Crippen LogP contribution in [0.4, 0.5) is 4.79 Å². The first kappa shape index (κ1) is 15.2. The second-order valence-corrected chi connectivity index (χ2v) is 6.32. The van der Waals surface area contributed by atoms with Crippen molar-refractivity contribution in [1.82, 2.24) is 5.32 Å². The summed E-state index contributed by atoms with van der Waals surface area (Å²) in [6.07, 6.45) is -1.54. The monoisotopic (exact) mass is 283 g/mol. The van der Waals surface area contributed by atoms with Gasteiger partial charge in [-0.15, -0.1) is 0 Å². The van der Waals surface area contributed by atoms with Crippen LogP contribution in [0.5, 0.6) is 0 Å². The Morgan fingerprint density at radius 2 is 2.22 bits per heavy atom. The van der Waals surface area contributed by atoms with Gasteiger partial charge in [-0.1, -0.05) is 0 Å². The van der Waals surface area contributed by atoms with Gasteiger partial charge in [-0.3, -0.25) is 0 Å². The van der Waals surface area contributed by atoms with Gasteiger partial charge in [0.05, 0.1) is 25.0 Å². The summed E-state index contributed by atoms with van der Waals surface area (Å²) < 4.78 is 31.2. The van der Waals surface area contributed by atoms with Crippen molar-refractivity contribution in [3.05, 3.63) is 0 Å². The van der Waals surface area contributed by atoms with Gasteiger partial charge in [-0.2, -0.15) is 0 Å². The van der Waals surface area contributed by atoms with E-state index in [0.29, 0.717) is 0 Å². The number of nitrogens with one attached hydrogen (secondary N) is 1. The highest BCUT2D eigenvalue weighted by molar-refractivity contribution is 7.90. The molecule has 1 fully saturated rings. The molecule has 0 saturated carbocycles. The maximum atomic E-state index is 11.3. The van der Waals surface area contributed by atoms with E-state index in [1.165, 1.54) is 0 Å². The number of hydrogen-bond donors (Lipinski definition) is 3. The molecule has 8 nitrogen and oxygen atoms in total. The molecule has 1 saturated heterocycles. The molecule has 3 atom stereocenters. The molecule has 1 rings (SSSR count). The van der Waals surface area contributed by atoms with E-state index in [1.54, 1.807) is 0 Å². The lowest BCUT2D eigenvalue weighted by atomic mass is 10.1. The predicted molar refractivity (Wildman–Crippen MR) is 60.8 cm³/mol. The van der Waals surface area contributed by atoms with Gasteiger partial charge in [0.25, 0.3) is 0 Å². The minimum atomic E-state index is -3.18. The topological polar surface area (TPSA) is 122 Å². The van der Waals surface area contributed by atoms with Gasteiger partial charge in [-0.25, -0.2) is 13.2 Å². The van der Waals surface area contributed by atoms with Crippen LogP contribution in [0.3, 0.4) is 0 Å². The highest BCUT2D eigenvalue weighted by atomic mass is 32.2. The zero-order chi connectivity index (χ0) is 13.8. The predicted octanol–water partition coefficient (Wildman–Crippen LogP) is -2.12. The molecule has 1 aliphatic rings. The van der Waals surface area contributed by atoms with Crippen molar-refractivity contribution in [2.24, 2.45) is 0 Å². The summed E-state index contributed by atoms with van der Waals surface area (Å²) in [7, 11) is -3.18. The second-order valence-electron chi connectivity index (χ2n) is 4.06. The molecule has 1 heterocycles. The maximum absolute atomic E-state index is 11.3. The van der Waals surface area contributed by atoms with E-state index >= 15 is 0 Å². The van der Waals surface area contributed by atoms with Crippen molar-refractivity contribution in [3.63, 3.8) is 0 Å². The highest BCUT2D eigenvalue weighted by Crippen LogP contribution is 2.13. The molecule has 1 amide bonds. The minimum Gasteiger partial charge on any atom is -0.448 e. The van der Waals surface area contributed by atoms with Crippen LogP contribution in [-0.2, 0) is 19.3 Å². The third kappa shape index (κ3) is 4.77. The Morgan fingerprint density at radius 1 is 1.56 bits per heavy atom. The quantitative estimate of drug-likeness (QED) is 0.527. The molecule has 0 bridgehead atoms. The third-order valence-electron chi connectivity index (χ3n) is 2.45. The maximum Gasteiger partial charge on any atom is 0.407 e. The van der Waals surface area contributed by atoms with E-state index in [4.69, 9.17) is 9.84 Å². The molecule has 106 valence electrons. The van der Waals surface area contributed by atoms with Gasteiger partial charge in [-0.05, 0) is 0 Å². The number of aliphatic hydroxyl groups is 2. The average molecular weight is 283 g/mol. The van der Waals surface area contributed by atoms with E-state index in [1.807, 2.05) is 0 Å². The molecule has 0 radical (unpaired) electrons. The van der Waals surface area contributed by atoms with E-state index in [9.17, 15) is 18.3 Å². The summed E-state index contributed by atoms with van der Waals surface area (Å²) in [6.45, 7) is -0.534. The molecule has 0 aromatic heterocycles. The van der Waals surface area contributed by atoms with Crippen molar-refractivity contribution < 1.29 is 32.9 Å². The second kappa shape index (κ2) is 6.32. The minimum absolute atomic E-state index is 0.0631. The SMILES string of the molecule is CS(=O)(=O)CCOC(=O)NC1CO[C@H](CO)C1O. The average Bonchev–Trinajstić information content (AvgIpc) is 2.58. The standard InChI is InChI=1S/C9H17NO7S/c1-18(14,15)3-2-16-9(13)10-6-5-17-7(4-11)8(6)12/h6-8,11-12H,2-5H2,1H3,(H,10,13)/t6?,7-,8?/m1/s1. The molecule has 3 N–H and O–H groups in total. The van der Waals surface area contributed by atoms with Crippen LogP contribution < -0.4 is 5.32 Å². The molecule has 0 spiro atoms. The number of aliphatic hydroxyl groups excluding tert-OH is 2. The zero-order valence-corrected chi connectivity index (χ0v) is 10.7. The summed E-state index contributed by atoms with van der Waals surface area (Å²) in [5.74, 6) is -0.261. The number of carbonyl (C=O) groups excluding carboxylic acids is 1. The Bertz CT molecular complexity index is 382. The fourth-order valence-corrected chi connectivity index (χ4v) is 1.84. The molecular weight excluding hydrogens is 266 g/mol. The van der Waals surface area contributed by atoms with Crippen LogP contribution in [0.25, 0.3) is 0 Å². The lowest BCUT2D eigenvalue weighted by molar-refractivity contribution is 0.00272. The smallest absolute Gasteiger partial charge is 0.407 e. The van der Waals surface area contributed by atoms with Crippen molar-refractivity contribution in [1.29, 1.82) is 0 Å².